The molecule has 6 rings (SSSR count). The first-order chi connectivity index (χ1) is 26.1. The second kappa shape index (κ2) is 16.1. The number of thiophene rings is 1. The van der Waals surface area contributed by atoms with E-state index in [4.69, 9.17) is 16.3 Å². The standard InChI is InChI=1S/C35H35ClF6N8O4S/c1-2-5-26-33(54-22-17-27(55-19-22)35(40,41)42,12-4-14-50(26)31(52)30-24(34(37,38)39)6-3-13-43-30)32(53)49-15-11-20-16-21(36)7-8-23(20)25(49)9-10-29(51)44-18-28-45-47-48-46-28/h3,6-8,13,16-17,19,25-26H,2,4-5,9-12,14-15,18H2,1H3,(H,44,51)(H,45,46,47,48)/t25?,26-,33+/m1/s1. The zero-order valence-electron chi connectivity index (χ0n) is 29.2. The fraction of sp³-hybridized carbons (Fsp3) is 0.457. The van der Waals surface area contributed by atoms with Crippen molar-refractivity contribution in [3.8, 4) is 5.75 Å². The van der Waals surface area contributed by atoms with Gasteiger partial charge in [0.1, 0.15) is 16.3 Å². The number of piperidine rings is 1. The predicted molar refractivity (Wildman–Crippen MR) is 186 cm³/mol. The molecular weight excluding hydrogens is 778 g/mol. The SMILES string of the molecule is CCC[C@H]1N(C(=O)c2ncccc2C(F)(F)F)CCC[C@@]1(Oc1csc(C(F)(F)F)c1)C(=O)N1CCc2cc(Cl)ccc2C1CCC(=O)NCc1nn[nH]n1. The highest BCUT2D eigenvalue weighted by Gasteiger charge is 2.57. The molecule has 2 aliphatic heterocycles. The van der Waals surface area contributed by atoms with E-state index in [0.29, 0.717) is 34.8 Å². The maximum atomic E-state index is 15.4. The van der Waals surface area contributed by atoms with Gasteiger partial charge in [0.05, 0.1) is 24.2 Å². The van der Waals surface area contributed by atoms with Crippen LogP contribution >= 0.6 is 22.9 Å². The molecule has 1 unspecified atom stereocenters. The highest BCUT2D eigenvalue weighted by molar-refractivity contribution is 7.10. The number of carbonyl (C=O) groups excluding carboxylic acids is 3. The molecule has 20 heteroatoms. The topological polar surface area (TPSA) is 146 Å². The molecule has 0 spiro atoms. The van der Waals surface area contributed by atoms with Gasteiger partial charge in [-0.1, -0.05) is 36.2 Å². The Kier molecular flexibility index (Phi) is 11.7. The number of hydrogen-bond acceptors (Lipinski definition) is 9. The molecule has 0 radical (unpaired) electrons. The van der Waals surface area contributed by atoms with Gasteiger partial charge in [0, 0.05) is 48.6 Å². The molecular formula is C35H35ClF6N8O4S. The lowest BCUT2D eigenvalue weighted by Crippen LogP contribution is -2.68. The summed E-state index contributed by atoms with van der Waals surface area (Å²) in [6.07, 6.45) is -7.91. The Labute approximate surface area is 319 Å². The van der Waals surface area contributed by atoms with Gasteiger partial charge in [0.25, 0.3) is 11.8 Å². The van der Waals surface area contributed by atoms with Crippen LogP contribution in [0.3, 0.4) is 0 Å². The minimum atomic E-state index is -4.93. The number of alkyl halides is 6. The molecule has 2 aliphatic rings. The van der Waals surface area contributed by atoms with Gasteiger partial charge < -0.3 is 19.9 Å². The van der Waals surface area contributed by atoms with Crippen molar-refractivity contribution in [3.05, 3.63) is 86.1 Å². The Bertz CT molecular complexity index is 2010. The average Bonchev–Trinajstić information content (AvgIpc) is 3.85. The molecule has 2 N–H and O–H groups in total. The van der Waals surface area contributed by atoms with Crippen LogP contribution in [0.5, 0.6) is 5.75 Å². The number of H-pyrrole nitrogens is 1. The normalized spacial score (nSPS) is 20.2. The van der Waals surface area contributed by atoms with Crippen molar-refractivity contribution >= 4 is 40.7 Å². The molecule has 55 heavy (non-hydrogen) atoms. The number of pyridine rings is 1. The van der Waals surface area contributed by atoms with Crippen LogP contribution in [-0.2, 0) is 34.9 Å². The van der Waals surface area contributed by atoms with E-state index in [1.165, 1.54) is 4.90 Å². The van der Waals surface area contributed by atoms with E-state index in [1.54, 1.807) is 25.1 Å². The van der Waals surface area contributed by atoms with Gasteiger partial charge in [-0.05, 0) is 61.1 Å². The Hall–Kier alpha value is -4.78. The maximum absolute atomic E-state index is 15.4. The van der Waals surface area contributed by atoms with Crippen LogP contribution in [0.1, 0.15) is 89.4 Å². The summed E-state index contributed by atoms with van der Waals surface area (Å²) in [7, 11) is 0. The summed E-state index contributed by atoms with van der Waals surface area (Å²) < 4.78 is 90.2. The number of aromatic nitrogens is 5. The molecule has 5 heterocycles. The number of carbonyl (C=O) groups is 3. The van der Waals surface area contributed by atoms with Crippen molar-refractivity contribution < 1.29 is 45.5 Å². The summed E-state index contributed by atoms with van der Waals surface area (Å²) in [5.74, 6) is -2.21. The first kappa shape index (κ1) is 39.9. The maximum Gasteiger partial charge on any atom is 0.425 e. The van der Waals surface area contributed by atoms with Crippen LogP contribution in [-0.4, -0.2) is 77.9 Å². The molecule has 1 fully saturated rings. The number of likely N-dealkylation sites (tertiary alicyclic amines) is 1. The molecule has 0 saturated carbocycles. The Morgan fingerprint density at radius 1 is 1.07 bits per heavy atom. The molecule has 294 valence electrons. The molecule has 3 aromatic heterocycles. The number of tetrazole rings is 1. The van der Waals surface area contributed by atoms with Crippen LogP contribution in [0.25, 0.3) is 0 Å². The van der Waals surface area contributed by atoms with Gasteiger partial charge in [0.2, 0.25) is 11.5 Å². The third kappa shape index (κ3) is 8.56. The first-order valence-electron chi connectivity index (χ1n) is 17.4. The summed E-state index contributed by atoms with van der Waals surface area (Å²) >= 11 is 6.68. The minimum Gasteiger partial charge on any atom is -0.474 e. The fourth-order valence-electron chi connectivity index (χ4n) is 7.34. The minimum absolute atomic E-state index is 0.0127. The third-order valence-corrected chi connectivity index (χ3v) is 10.9. The lowest BCUT2D eigenvalue weighted by Gasteiger charge is -2.51. The van der Waals surface area contributed by atoms with Crippen molar-refractivity contribution in [2.24, 2.45) is 0 Å². The van der Waals surface area contributed by atoms with E-state index >= 15 is 4.79 Å². The lowest BCUT2D eigenvalue weighted by molar-refractivity contribution is -0.163. The number of hydrogen-bond donors (Lipinski definition) is 2. The number of amides is 3. The van der Waals surface area contributed by atoms with Crippen molar-refractivity contribution in [3.63, 3.8) is 0 Å². The second-order valence-electron chi connectivity index (χ2n) is 13.2. The quantitative estimate of drug-likeness (QED) is 0.158. The number of halogens is 7. The zero-order valence-corrected chi connectivity index (χ0v) is 30.8. The van der Waals surface area contributed by atoms with Gasteiger partial charge in [0.15, 0.2) is 5.82 Å². The fourth-order valence-corrected chi connectivity index (χ4v) is 8.22. The molecule has 12 nitrogen and oxygen atoms in total. The smallest absolute Gasteiger partial charge is 0.425 e. The predicted octanol–water partition coefficient (Wildman–Crippen LogP) is 6.79. The Morgan fingerprint density at radius 3 is 2.56 bits per heavy atom. The Balaban J connectivity index is 1.41. The zero-order chi connectivity index (χ0) is 39.5. The monoisotopic (exact) mass is 812 g/mol. The van der Waals surface area contributed by atoms with E-state index in [0.717, 1.165) is 40.2 Å². The number of nitrogens with zero attached hydrogens (tertiary/aromatic N) is 6. The van der Waals surface area contributed by atoms with Crippen LogP contribution in [0, 0.1) is 0 Å². The number of nitrogens with one attached hydrogen (secondary N) is 2. The van der Waals surface area contributed by atoms with Gasteiger partial charge in [-0.15, -0.1) is 21.5 Å². The van der Waals surface area contributed by atoms with Gasteiger partial charge in [-0.3, -0.25) is 19.4 Å². The average molecular weight is 813 g/mol. The van der Waals surface area contributed by atoms with E-state index in [2.05, 4.69) is 30.9 Å². The van der Waals surface area contributed by atoms with Crippen LogP contribution in [0.4, 0.5) is 26.3 Å². The molecule has 0 bridgehead atoms. The number of aromatic amines is 1. The number of fused-ring (bicyclic) bond motifs is 1. The highest BCUT2D eigenvalue weighted by atomic mass is 35.5. The molecule has 3 atom stereocenters. The van der Waals surface area contributed by atoms with Crippen LogP contribution < -0.4 is 10.1 Å². The summed E-state index contributed by atoms with van der Waals surface area (Å²) in [5.41, 5.74) is -2.70. The van der Waals surface area contributed by atoms with Gasteiger partial charge >= 0.3 is 12.4 Å². The van der Waals surface area contributed by atoms with E-state index < -0.39 is 63.9 Å². The van der Waals surface area contributed by atoms with Gasteiger partial charge in [-0.2, -0.15) is 31.6 Å². The largest absolute Gasteiger partial charge is 0.474 e. The first-order valence-corrected chi connectivity index (χ1v) is 18.6. The lowest BCUT2D eigenvalue weighted by atomic mass is 9.78. The molecule has 1 aromatic carbocycles. The van der Waals surface area contributed by atoms with E-state index in [9.17, 15) is 35.9 Å². The van der Waals surface area contributed by atoms with E-state index in [1.807, 2.05) is 0 Å². The van der Waals surface area contributed by atoms with Crippen molar-refractivity contribution in [2.45, 2.75) is 88.5 Å². The summed E-state index contributed by atoms with van der Waals surface area (Å²) in [5, 5.41) is 17.6. The van der Waals surface area contributed by atoms with Crippen LogP contribution in [0.15, 0.2) is 48.0 Å². The summed E-state index contributed by atoms with van der Waals surface area (Å²) in [6, 6.07) is 5.69. The molecule has 0 aliphatic carbocycles. The number of rotatable bonds is 11. The number of benzene rings is 1. The Morgan fingerprint density at radius 2 is 1.87 bits per heavy atom. The van der Waals surface area contributed by atoms with Crippen LogP contribution in [0.2, 0.25) is 5.02 Å². The van der Waals surface area contributed by atoms with E-state index in [-0.39, 0.29) is 63.3 Å². The third-order valence-electron chi connectivity index (χ3n) is 9.72. The van der Waals surface area contributed by atoms with Gasteiger partial charge in [-0.25, -0.2) is 0 Å². The molecule has 4 aromatic rings. The highest BCUT2D eigenvalue weighted by Crippen LogP contribution is 2.45. The summed E-state index contributed by atoms with van der Waals surface area (Å²) in [4.78, 5) is 48.1. The van der Waals surface area contributed by atoms with Crippen molar-refractivity contribution in [2.75, 3.05) is 13.1 Å². The number of ether oxygens (including phenoxy) is 1. The molecule has 3 amide bonds. The molecule has 1 saturated heterocycles. The van der Waals surface area contributed by atoms with Crippen molar-refractivity contribution in [1.29, 1.82) is 0 Å². The summed E-state index contributed by atoms with van der Waals surface area (Å²) in [6.45, 7) is 1.74. The van der Waals surface area contributed by atoms with Crippen molar-refractivity contribution in [1.82, 2.24) is 40.7 Å². The second-order valence-corrected chi connectivity index (χ2v) is 14.5.